The smallest absolute Gasteiger partial charge is 0.0983 e. The van der Waals surface area contributed by atoms with Crippen molar-refractivity contribution >= 4 is 17.9 Å². The number of hydrogen-bond acceptors (Lipinski definition) is 5. The summed E-state index contributed by atoms with van der Waals surface area (Å²) in [5.74, 6) is 0. The van der Waals surface area contributed by atoms with Gasteiger partial charge in [0.1, 0.15) is 0 Å². The number of rotatable bonds is 3. The summed E-state index contributed by atoms with van der Waals surface area (Å²) in [5, 5.41) is 8.55. The van der Waals surface area contributed by atoms with Gasteiger partial charge < -0.3 is 5.73 Å². The second kappa shape index (κ2) is 6.38. The number of nitrogens with zero attached hydrogens (tertiary/aromatic N) is 6. The van der Waals surface area contributed by atoms with E-state index in [4.69, 9.17) is 10.7 Å². The predicted molar refractivity (Wildman–Crippen MR) is 93.6 cm³/mol. The maximum Gasteiger partial charge on any atom is 0.0983 e. The van der Waals surface area contributed by atoms with Crippen LogP contribution in [0.3, 0.4) is 0 Å². The third kappa shape index (κ3) is 2.75. The van der Waals surface area contributed by atoms with Crippen molar-refractivity contribution in [3.8, 4) is 22.5 Å². The van der Waals surface area contributed by atoms with Crippen molar-refractivity contribution in [2.45, 2.75) is 6.54 Å². The highest BCUT2D eigenvalue weighted by molar-refractivity contribution is 5.85. The first kappa shape index (κ1) is 16.1. The summed E-state index contributed by atoms with van der Waals surface area (Å²) in [5.41, 5.74) is 10.9. The van der Waals surface area contributed by atoms with Crippen molar-refractivity contribution < 1.29 is 0 Å². The first-order valence-corrected chi connectivity index (χ1v) is 7.23. The SMILES string of the molecule is Cl.Cn1cc(-c2cn3nccc3c(-c3ccc(CN)nc3)n2)cn1. The van der Waals surface area contributed by atoms with Gasteiger partial charge in [-0.2, -0.15) is 10.2 Å². The molecule has 2 N–H and O–H groups in total. The third-order valence-corrected chi connectivity index (χ3v) is 3.70. The monoisotopic (exact) mass is 341 g/mol. The van der Waals surface area contributed by atoms with Crippen LogP contribution in [0.2, 0.25) is 0 Å². The van der Waals surface area contributed by atoms with Crippen LogP contribution in [0.1, 0.15) is 5.69 Å². The van der Waals surface area contributed by atoms with E-state index in [0.29, 0.717) is 6.54 Å². The molecule has 0 saturated heterocycles. The van der Waals surface area contributed by atoms with E-state index in [0.717, 1.165) is 33.7 Å². The Morgan fingerprint density at radius 2 is 1.92 bits per heavy atom. The minimum absolute atomic E-state index is 0. The van der Waals surface area contributed by atoms with Crippen LogP contribution >= 0.6 is 12.4 Å². The predicted octanol–water partition coefficient (Wildman–Crippen LogP) is 2.07. The van der Waals surface area contributed by atoms with Gasteiger partial charge in [0.05, 0.1) is 41.2 Å². The van der Waals surface area contributed by atoms with Crippen LogP contribution in [-0.4, -0.2) is 29.4 Å². The molecule has 0 radical (unpaired) electrons. The van der Waals surface area contributed by atoms with E-state index in [2.05, 4.69) is 15.2 Å². The van der Waals surface area contributed by atoms with Crippen LogP contribution in [-0.2, 0) is 13.6 Å². The Hall–Kier alpha value is -2.77. The average molecular weight is 342 g/mol. The number of aryl methyl sites for hydroxylation is 1. The quantitative estimate of drug-likeness (QED) is 0.616. The molecule has 24 heavy (non-hydrogen) atoms. The summed E-state index contributed by atoms with van der Waals surface area (Å²) in [6, 6.07) is 5.84. The van der Waals surface area contributed by atoms with Gasteiger partial charge in [0.15, 0.2) is 0 Å². The zero-order valence-electron chi connectivity index (χ0n) is 13.0. The standard InChI is InChI=1S/C16H15N7.ClH/c1-22-9-12(8-20-22)14-10-23-15(4-5-19-23)16(21-14)11-2-3-13(6-17)18-7-11;/h2-5,7-10H,6,17H2,1H3;1H. The highest BCUT2D eigenvalue weighted by atomic mass is 35.5. The fourth-order valence-corrected chi connectivity index (χ4v) is 2.52. The van der Waals surface area contributed by atoms with Crippen LogP contribution in [0.15, 0.2) is 49.2 Å². The highest BCUT2D eigenvalue weighted by Crippen LogP contribution is 2.26. The zero-order chi connectivity index (χ0) is 15.8. The molecule has 0 aromatic carbocycles. The summed E-state index contributed by atoms with van der Waals surface area (Å²) in [4.78, 5) is 9.16. The summed E-state index contributed by atoms with van der Waals surface area (Å²) < 4.78 is 3.57. The van der Waals surface area contributed by atoms with Crippen LogP contribution in [0.25, 0.3) is 28.0 Å². The molecule has 0 fully saturated rings. The Balaban J connectivity index is 0.00000169. The molecule has 0 saturated carbocycles. The number of pyridine rings is 1. The van der Waals surface area contributed by atoms with Crippen LogP contribution in [0.5, 0.6) is 0 Å². The molecule has 4 aromatic heterocycles. The van der Waals surface area contributed by atoms with Gasteiger partial charge in [-0.1, -0.05) is 0 Å². The summed E-state index contributed by atoms with van der Waals surface area (Å²) >= 11 is 0. The van der Waals surface area contributed by atoms with E-state index in [9.17, 15) is 0 Å². The van der Waals surface area contributed by atoms with E-state index < -0.39 is 0 Å². The fourth-order valence-electron chi connectivity index (χ4n) is 2.52. The Morgan fingerprint density at radius 3 is 2.58 bits per heavy atom. The van der Waals surface area contributed by atoms with Gasteiger partial charge in [-0.3, -0.25) is 9.67 Å². The molecular weight excluding hydrogens is 326 g/mol. The van der Waals surface area contributed by atoms with E-state index in [1.165, 1.54) is 0 Å². The van der Waals surface area contributed by atoms with Gasteiger partial charge in [-0.25, -0.2) is 9.50 Å². The minimum Gasteiger partial charge on any atom is -0.325 e. The molecular formula is C16H16ClN7. The molecule has 0 aliphatic rings. The van der Waals surface area contributed by atoms with Gasteiger partial charge in [0, 0.05) is 37.1 Å². The first-order chi connectivity index (χ1) is 11.2. The van der Waals surface area contributed by atoms with E-state index >= 15 is 0 Å². The van der Waals surface area contributed by atoms with Crippen molar-refractivity contribution in [1.82, 2.24) is 29.4 Å². The van der Waals surface area contributed by atoms with Gasteiger partial charge in [0.2, 0.25) is 0 Å². The van der Waals surface area contributed by atoms with E-state index in [1.807, 2.05) is 42.2 Å². The molecule has 0 spiro atoms. The van der Waals surface area contributed by atoms with Gasteiger partial charge >= 0.3 is 0 Å². The lowest BCUT2D eigenvalue weighted by molar-refractivity contribution is 0.768. The second-order valence-corrected chi connectivity index (χ2v) is 5.28. The van der Waals surface area contributed by atoms with Crippen molar-refractivity contribution in [3.05, 3.63) is 54.9 Å². The minimum atomic E-state index is 0. The van der Waals surface area contributed by atoms with Crippen LogP contribution in [0, 0.1) is 0 Å². The normalized spacial score (nSPS) is 10.8. The largest absolute Gasteiger partial charge is 0.325 e. The molecule has 4 heterocycles. The van der Waals surface area contributed by atoms with Crippen molar-refractivity contribution in [1.29, 1.82) is 0 Å². The Labute approximate surface area is 144 Å². The lowest BCUT2D eigenvalue weighted by Crippen LogP contribution is -2.00. The number of aromatic nitrogens is 6. The lowest BCUT2D eigenvalue weighted by atomic mass is 10.1. The molecule has 0 aliphatic heterocycles. The molecule has 7 nitrogen and oxygen atoms in total. The molecule has 4 aromatic rings. The van der Waals surface area contributed by atoms with Gasteiger partial charge in [0.25, 0.3) is 0 Å². The Morgan fingerprint density at radius 1 is 1.04 bits per heavy atom. The Kier molecular flexibility index (Phi) is 4.28. The Bertz CT molecular complexity index is 972. The summed E-state index contributed by atoms with van der Waals surface area (Å²) in [7, 11) is 1.88. The van der Waals surface area contributed by atoms with Crippen molar-refractivity contribution in [2.75, 3.05) is 0 Å². The average Bonchev–Trinajstić information content (AvgIpc) is 3.22. The molecule has 0 unspecified atom stereocenters. The zero-order valence-corrected chi connectivity index (χ0v) is 13.8. The number of fused-ring (bicyclic) bond motifs is 1. The first-order valence-electron chi connectivity index (χ1n) is 7.23. The molecule has 0 bridgehead atoms. The van der Waals surface area contributed by atoms with Gasteiger partial charge in [-0.05, 0) is 18.2 Å². The molecule has 4 rings (SSSR count). The number of halogens is 1. The van der Waals surface area contributed by atoms with Crippen LogP contribution in [0.4, 0.5) is 0 Å². The van der Waals surface area contributed by atoms with Crippen molar-refractivity contribution in [2.24, 2.45) is 12.8 Å². The summed E-state index contributed by atoms with van der Waals surface area (Å²) in [6.07, 6.45) is 9.17. The third-order valence-electron chi connectivity index (χ3n) is 3.70. The molecule has 0 amide bonds. The lowest BCUT2D eigenvalue weighted by Gasteiger charge is -2.07. The molecule has 0 atom stereocenters. The van der Waals surface area contributed by atoms with E-state index in [1.54, 1.807) is 23.3 Å². The fraction of sp³-hybridized carbons (Fsp3) is 0.125. The molecule has 0 aliphatic carbocycles. The maximum atomic E-state index is 5.61. The number of nitrogens with two attached hydrogens (primary N) is 1. The van der Waals surface area contributed by atoms with E-state index in [-0.39, 0.29) is 12.4 Å². The molecule has 8 heteroatoms. The van der Waals surface area contributed by atoms with Crippen LogP contribution < -0.4 is 5.73 Å². The maximum absolute atomic E-state index is 5.61. The van der Waals surface area contributed by atoms with Crippen molar-refractivity contribution in [3.63, 3.8) is 0 Å². The summed E-state index contributed by atoms with van der Waals surface area (Å²) in [6.45, 7) is 0.422. The highest BCUT2D eigenvalue weighted by Gasteiger charge is 2.12. The topological polar surface area (TPSA) is 86.9 Å². The second-order valence-electron chi connectivity index (χ2n) is 5.28. The molecule has 122 valence electrons. The van der Waals surface area contributed by atoms with Gasteiger partial charge in [-0.15, -0.1) is 12.4 Å². The number of hydrogen-bond donors (Lipinski definition) is 1.